The monoisotopic (exact) mass is 509 g/mol. The normalized spacial score (nSPS) is 18.5. The first-order valence-electron chi connectivity index (χ1n) is 11.2. The lowest BCUT2D eigenvalue weighted by atomic mass is 10.0. The topological polar surface area (TPSA) is 71.4 Å². The molecule has 1 aliphatic rings. The molecule has 1 aliphatic heterocycles. The average molecular weight is 509 g/mol. The predicted octanol–water partition coefficient (Wildman–Crippen LogP) is 5.97. The lowest BCUT2D eigenvalue weighted by Gasteiger charge is -2.48. The molecular formula is C25H25F6N5. The maximum atomic E-state index is 13.6. The van der Waals surface area contributed by atoms with E-state index in [1.807, 2.05) is 13.8 Å². The second-order valence-electron chi connectivity index (χ2n) is 9.01. The number of hydrogen-bond donors (Lipinski definition) is 2. The maximum absolute atomic E-state index is 13.6. The lowest BCUT2D eigenvalue weighted by Crippen LogP contribution is -2.62. The molecule has 4 N–H and O–H groups in total. The van der Waals surface area contributed by atoms with E-state index >= 15 is 0 Å². The molecule has 5 nitrogen and oxygen atoms in total. The van der Waals surface area contributed by atoms with Gasteiger partial charge in [-0.2, -0.15) is 26.3 Å². The van der Waals surface area contributed by atoms with Crippen LogP contribution < -0.4 is 21.3 Å². The van der Waals surface area contributed by atoms with Crippen LogP contribution in [-0.2, 0) is 12.4 Å². The molecule has 0 fully saturated rings. The molecular weight excluding hydrogens is 484 g/mol. The molecule has 0 saturated heterocycles. The van der Waals surface area contributed by atoms with Crippen LogP contribution >= 0.6 is 0 Å². The highest BCUT2D eigenvalue weighted by Gasteiger charge is 2.39. The van der Waals surface area contributed by atoms with Crippen molar-refractivity contribution in [3.63, 3.8) is 0 Å². The minimum Gasteiger partial charge on any atom is -0.323 e. The van der Waals surface area contributed by atoms with Gasteiger partial charge in [-0.25, -0.2) is 4.98 Å². The highest BCUT2D eigenvalue weighted by molar-refractivity contribution is 5.70. The lowest BCUT2D eigenvalue weighted by molar-refractivity contribution is -0.138. The van der Waals surface area contributed by atoms with Gasteiger partial charge in [-0.1, -0.05) is 32.0 Å². The van der Waals surface area contributed by atoms with E-state index < -0.39 is 35.9 Å². The predicted molar refractivity (Wildman–Crippen MR) is 126 cm³/mol. The van der Waals surface area contributed by atoms with Crippen LogP contribution in [0.15, 0.2) is 60.7 Å². The van der Waals surface area contributed by atoms with Gasteiger partial charge in [-0.15, -0.1) is 0 Å². The fraction of sp³-hybridized carbons (Fsp3) is 0.320. The summed E-state index contributed by atoms with van der Waals surface area (Å²) in [6.45, 7) is 4.26. The Hall–Kier alpha value is -3.31. The van der Waals surface area contributed by atoms with E-state index in [4.69, 9.17) is 11.5 Å². The molecule has 0 aliphatic carbocycles. The number of nitrogens with zero attached hydrogens (tertiary/aromatic N) is 3. The van der Waals surface area contributed by atoms with Crippen molar-refractivity contribution in [3.05, 3.63) is 77.4 Å². The minimum absolute atomic E-state index is 0.0791. The first kappa shape index (κ1) is 25.8. The van der Waals surface area contributed by atoms with Gasteiger partial charge in [-0.05, 0) is 48.4 Å². The van der Waals surface area contributed by atoms with Crippen LogP contribution in [0.2, 0.25) is 0 Å². The zero-order valence-electron chi connectivity index (χ0n) is 19.5. The van der Waals surface area contributed by atoms with Gasteiger partial charge in [0, 0.05) is 23.4 Å². The molecule has 2 unspecified atom stereocenters. The Morgan fingerprint density at radius 2 is 1.50 bits per heavy atom. The van der Waals surface area contributed by atoms with E-state index in [2.05, 4.69) is 4.98 Å². The van der Waals surface area contributed by atoms with Crippen LogP contribution in [-0.4, -0.2) is 17.8 Å². The van der Waals surface area contributed by atoms with Crippen LogP contribution in [0.25, 0.3) is 11.3 Å². The van der Waals surface area contributed by atoms with E-state index in [0.29, 0.717) is 23.6 Å². The number of halogens is 6. The SMILES string of the molecule is CC(C)CN1c2nc(-c3ccccc3C(F)(F)F)ccc2C(N)N(c2ccc(C(F)(F)F)cc2)C1N. The molecule has 0 bridgehead atoms. The Bertz CT molecular complexity index is 1220. The molecule has 0 spiro atoms. The third-order valence-electron chi connectivity index (χ3n) is 5.96. The standard InChI is InChI=1S/C25H25F6N5/c1-14(2)13-35-22-18(11-12-20(34-22)17-5-3-4-6-19(17)25(29,30)31)21(32)36(23(35)33)16-9-7-15(8-10-16)24(26,27)28/h3-12,14,21,23H,13,32-33H2,1-2H3. The Morgan fingerprint density at radius 1 is 0.861 bits per heavy atom. The zero-order valence-corrected chi connectivity index (χ0v) is 19.5. The van der Waals surface area contributed by atoms with Gasteiger partial charge in [0.05, 0.1) is 16.8 Å². The van der Waals surface area contributed by atoms with E-state index in [1.165, 1.54) is 36.4 Å². The Morgan fingerprint density at radius 3 is 2.08 bits per heavy atom. The van der Waals surface area contributed by atoms with E-state index in [-0.39, 0.29) is 17.2 Å². The highest BCUT2D eigenvalue weighted by Crippen LogP contribution is 2.41. The number of pyridine rings is 1. The van der Waals surface area contributed by atoms with Crippen molar-refractivity contribution in [3.8, 4) is 11.3 Å². The molecule has 36 heavy (non-hydrogen) atoms. The van der Waals surface area contributed by atoms with Crippen molar-refractivity contribution in [1.82, 2.24) is 4.98 Å². The van der Waals surface area contributed by atoms with E-state index in [1.54, 1.807) is 15.9 Å². The maximum Gasteiger partial charge on any atom is 0.417 e. The van der Waals surface area contributed by atoms with Gasteiger partial charge in [-0.3, -0.25) is 5.73 Å². The first-order valence-corrected chi connectivity index (χ1v) is 11.2. The fourth-order valence-electron chi connectivity index (χ4n) is 4.34. The third-order valence-corrected chi connectivity index (χ3v) is 5.96. The molecule has 0 radical (unpaired) electrons. The van der Waals surface area contributed by atoms with Gasteiger partial charge in [0.15, 0.2) is 6.29 Å². The van der Waals surface area contributed by atoms with Crippen LogP contribution in [0, 0.1) is 5.92 Å². The number of benzene rings is 2. The summed E-state index contributed by atoms with van der Waals surface area (Å²) in [5.74, 6) is 0.418. The third kappa shape index (κ3) is 4.85. The van der Waals surface area contributed by atoms with Crippen molar-refractivity contribution in [2.45, 2.75) is 38.7 Å². The van der Waals surface area contributed by atoms with Gasteiger partial charge in [0.25, 0.3) is 0 Å². The van der Waals surface area contributed by atoms with Crippen molar-refractivity contribution in [1.29, 1.82) is 0 Å². The number of rotatable bonds is 4. The van der Waals surface area contributed by atoms with Crippen molar-refractivity contribution >= 4 is 11.5 Å². The number of hydrogen-bond acceptors (Lipinski definition) is 5. The smallest absolute Gasteiger partial charge is 0.323 e. The van der Waals surface area contributed by atoms with Crippen molar-refractivity contribution in [2.24, 2.45) is 17.4 Å². The van der Waals surface area contributed by atoms with Crippen molar-refractivity contribution < 1.29 is 26.3 Å². The molecule has 0 amide bonds. The summed E-state index contributed by atoms with van der Waals surface area (Å²) in [6, 6.07) is 12.7. The summed E-state index contributed by atoms with van der Waals surface area (Å²) >= 11 is 0. The second kappa shape index (κ2) is 9.29. The second-order valence-corrected chi connectivity index (χ2v) is 9.01. The van der Waals surface area contributed by atoms with Crippen LogP contribution in [0.5, 0.6) is 0 Å². The Labute approximate surface area is 204 Å². The summed E-state index contributed by atoms with van der Waals surface area (Å²) in [5.41, 5.74) is 12.3. The van der Waals surface area contributed by atoms with Crippen LogP contribution in [0.3, 0.4) is 0 Å². The molecule has 2 atom stereocenters. The van der Waals surface area contributed by atoms with Crippen LogP contribution in [0.4, 0.5) is 37.8 Å². The Balaban J connectivity index is 1.81. The molecule has 11 heteroatoms. The van der Waals surface area contributed by atoms with Crippen molar-refractivity contribution in [2.75, 3.05) is 16.3 Å². The summed E-state index contributed by atoms with van der Waals surface area (Å²) < 4.78 is 80.0. The largest absolute Gasteiger partial charge is 0.417 e. The molecule has 1 aromatic heterocycles. The minimum atomic E-state index is -4.57. The molecule has 2 heterocycles. The average Bonchev–Trinajstić information content (AvgIpc) is 2.80. The van der Waals surface area contributed by atoms with Gasteiger partial charge in [0.1, 0.15) is 12.0 Å². The summed E-state index contributed by atoms with van der Waals surface area (Å²) in [6.07, 6.45) is -10.9. The summed E-state index contributed by atoms with van der Waals surface area (Å²) in [4.78, 5) is 7.83. The van der Waals surface area contributed by atoms with Gasteiger partial charge >= 0.3 is 12.4 Å². The molecule has 2 aromatic carbocycles. The number of alkyl halides is 6. The fourth-order valence-corrected chi connectivity index (χ4v) is 4.34. The molecule has 3 aromatic rings. The van der Waals surface area contributed by atoms with E-state index in [9.17, 15) is 26.3 Å². The quantitative estimate of drug-likeness (QED) is 0.424. The highest BCUT2D eigenvalue weighted by atomic mass is 19.4. The number of aromatic nitrogens is 1. The summed E-state index contributed by atoms with van der Waals surface area (Å²) in [7, 11) is 0. The van der Waals surface area contributed by atoms with Crippen LogP contribution in [0.1, 0.15) is 36.7 Å². The number of fused-ring (bicyclic) bond motifs is 1. The van der Waals surface area contributed by atoms with Gasteiger partial charge in [0.2, 0.25) is 0 Å². The van der Waals surface area contributed by atoms with E-state index in [0.717, 1.165) is 18.2 Å². The van der Waals surface area contributed by atoms with Gasteiger partial charge < -0.3 is 15.5 Å². The first-order chi connectivity index (χ1) is 16.8. The molecule has 4 rings (SSSR count). The Kier molecular flexibility index (Phi) is 6.65. The number of anilines is 2. The zero-order chi connectivity index (χ0) is 26.4. The molecule has 0 saturated carbocycles. The molecule has 192 valence electrons. The summed E-state index contributed by atoms with van der Waals surface area (Å²) in [5, 5.41) is 0. The number of nitrogens with two attached hydrogens (primary N) is 2.